The van der Waals surface area contributed by atoms with Crippen molar-refractivity contribution in [3.8, 4) is 0 Å². The fourth-order valence-corrected chi connectivity index (χ4v) is 0.584. The van der Waals surface area contributed by atoms with Crippen molar-refractivity contribution >= 4 is 17.9 Å². The molecule has 0 aromatic carbocycles. The molecule has 7 heteroatoms. The first kappa shape index (κ1) is 30.5. The number of aliphatic hydroxyl groups excluding tert-OH is 1. The van der Waals surface area contributed by atoms with Crippen LogP contribution >= 0.6 is 0 Å². The van der Waals surface area contributed by atoms with Gasteiger partial charge in [-0.3, -0.25) is 0 Å². The van der Waals surface area contributed by atoms with Gasteiger partial charge in [0.1, 0.15) is 0 Å². The van der Waals surface area contributed by atoms with Gasteiger partial charge < -0.3 is 20.4 Å². The second-order valence-corrected chi connectivity index (χ2v) is 5.33. The molecule has 0 aliphatic heterocycles. The Labute approximate surface area is 150 Å². The quantitative estimate of drug-likeness (QED) is 0.534. The third-order valence-corrected chi connectivity index (χ3v) is 2.19. The number of aliphatic hydroxyl groups is 1. The summed E-state index contributed by atoms with van der Waals surface area (Å²) in [6.45, 7) is 18.3. The molecule has 1 unspecified atom stereocenters. The normalized spacial score (nSPS) is 9.36. The third kappa shape index (κ3) is 38.9. The van der Waals surface area contributed by atoms with Crippen molar-refractivity contribution in [1.82, 2.24) is 0 Å². The monoisotopic (exact) mass is 360 g/mol. The molecule has 0 rings (SSSR count). The molecule has 0 aliphatic carbocycles. The zero-order chi connectivity index (χ0) is 21.2. The van der Waals surface area contributed by atoms with Crippen LogP contribution in [0.2, 0.25) is 0 Å². The smallest absolute Gasteiger partial charge is 0.330 e. The van der Waals surface area contributed by atoms with Crippen molar-refractivity contribution in [2.75, 3.05) is 6.61 Å². The van der Waals surface area contributed by atoms with Crippen LogP contribution in [-0.2, 0) is 14.4 Å². The van der Waals surface area contributed by atoms with Gasteiger partial charge in [0.25, 0.3) is 0 Å². The molecule has 1 atom stereocenters. The lowest BCUT2D eigenvalue weighted by atomic mass is 10.1. The average molecular weight is 360 g/mol. The molecular formula is C18H32O7. The Bertz CT molecular complexity index is 357. The van der Waals surface area contributed by atoms with Gasteiger partial charge in [-0.1, -0.05) is 40.0 Å². The zero-order valence-corrected chi connectivity index (χ0v) is 15.8. The van der Waals surface area contributed by atoms with E-state index in [4.69, 9.17) is 20.4 Å². The SMILES string of the molecule is C=C(C)C(=O)O.C=C(C)C(=O)O.C=C(C)C(=O)O.CCCC(C)CO. The van der Waals surface area contributed by atoms with Crippen LogP contribution in [0.3, 0.4) is 0 Å². The molecule has 0 aliphatic rings. The minimum Gasteiger partial charge on any atom is -0.478 e. The Morgan fingerprint density at radius 2 is 1.00 bits per heavy atom. The summed E-state index contributed by atoms with van der Waals surface area (Å²) in [4.78, 5) is 28.8. The fraction of sp³-hybridized carbons (Fsp3) is 0.500. The summed E-state index contributed by atoms with van der Waals surface area (Å²) in [6, 6.07) is 0. The van der Waals surface area contributed by atoms with E-state index in [1.807, 2.05) is 0 Å². The topological polar surface area (TPSA) is 132 Å². The zero-order valence-electron chi connectivity index (χ0n) is 15.8. The van der Waals surface area contributed by atoms with E-state index in [-0.39, 0.29) is 16.7 Å². The van der Waals surface area contributed by atoms with Gasteiger partial charge in [-0.05, 0) is 33.1 Å². The number of hydrogen-bond acceptors (Lipinski definition) is 4. The summed E-state index contributed by atoms with van der Waals surface area (Å²) in [5.74, 6) is -2.30. The van der Waals surface area contributed by atoms with Crippen LogP contribution in [0, 0.1) is 5.92 Å². The Morgan fingerprint density at radius 1 is 0.800 bits per heavy atom. The lowest BCUT2D eigenvalue weighted by molar-refractivity contribution is -0.133. The van der Waals surface area contributed by atoms with E-state index in [9.17, 15) is 14.4 Å². The molecule has 7 nitrogen and oxygen atoms in total. The lowest BCUT2D eigenvalue weighted by Crippen LogP contribution is -1.98. The van der Waals surface area contributed by atoms with Gasteiger partial charge in [-0.2, -0.15) is 0 Å². The van der Waals surface area contributed by atoms with Crippen LogP contribution < -0.4 is 0 Å². The van der Waals surface area contributed by atoms with E-state index >= 15 is 0 Å². The van der Waals surface area contributed by atoms with Gasteiger partial charge in [0.05, 0.1) is 0 Å². The molecule has 0 radical (unpaired) electrons. The first-order chi connectivity index (χ1) is 11.2. The van der Waals surface area contributed by atoms with Crippen LogP contribution in [0.4, 0.5) is 0 Å². The molecule has 4 N–H and O–H groups in total. The summed E-state index contributed by atoms with van der Waals surface area (Å²) < 4.78 is 0. The highest BCUT2D eigenvalue weighted by Crippen LogP contribution is 2.01. The van der Waals surface area contributed by atoms with Crippen LogP contribution in [0.1, 0.15) is 47.5 Å². The minimum atomic E-state index is -0.935. The largest absolute Gasteiger partial charge is 0.478 e. The Balaban J connectivity index is -0.000000118. The number of hydrogen-bond donors (Lipinski definition) is 4. The molecule has 0 fully saturated rings. The van der Waals surface area contributed by atoms with Gasteiger partial charge >= 0.3 is 17.9 Å². The number of carboxylic acids is 3. The van der Waals surface area contributed by atoms with Gasteiger partial charge in [0, 0.05) is 23.3 Å². The van der Waals surface area contributed by atoms with Crippen LogP contribution in [0.5, 0.6) is 0 Å². The van der Waals surface area contributed by atoms with Crippen molar-refractivity contribution in [3.63, 3.8) is 0 Å². The predicted molar refractivity (Wildman–Crippen MR) is 98.5 cm³/mol. The second kappa shape index (κ2) is 19.6. The molecule has 0 saturated heterocycles. The maximum Gasteiger partial charge on any atom is 0.330 e. The molecular weight excluding hydrogens is 328 g/mol. The van der Waals surface area contributed by atoms with E-state index in [2.05, 4.69) is 33.6 Å². The Morgan fingerprint density at radius 3 is 1.04 bits per heavy atom. The summed E-state index contributed by atoms with van der Waals surface area (Å²) in [5, 5.41) is 32.1. The standard InChI is InChI=1S/C6H14O.3C4H6O2/c1-3-4-6(2)5-7;3*1-3(2)4(5)6/h6-7H,3-5H2,1-2H3;3*1H2,2H3,(H,5,6). The predicted octanol–water partition coefficient (Wildman–Crippen LogP) is 3.36. The molecule has 25 heavy (non-hydrogen) atoms. The van der Waals surface area contributed by atoms with Crippen molar-refractivity contribution in [2.24, 2.45) is 5.92 Å². The van der Waals surface area contributed by atoms with Gasteiger partial charge in [-0.15, -0.1) is 0 Å². The van der Waals surface area contributed by atoms with E-state index in [1.165, 1.54) is 27.2 Å². The molecule has 0 spiro atoms. The average Bonchev–Trinajstić information content (AvgIpc) is 2.48. The van der Waals surface area contributed by atoms with Gasteiger partial charge in [-0.25, -0.2) is 14.4 Å². The van der Waals surface area contributed by atoms with Crippen molar-refractivity contribution < 1.29 is 34.8 Å². The highest BCUT2D eigenvalue weighted by Gasteiger charge is 1.94. The van der Waals surface area contributed by atoms with Gasteiger partial charge in [0.15, 0.2) is 0 Å². The molecule has 0 aromatic rings. The maximum absolute atomic E-state index is 9.60. The van der Waals surface area contributed by atoms with E-state index in [1.54, 1.807) is 0 Å². The Kier molecular flexibility index (Phi) is 23.9. The number of rotatable bonds is 6. The van der Waals surface area contributed by atoms with Crippen molar-refractivity contribution in [1.29, 1.82) is 0 Å². The van der Waals surface area contributed by atoms with Crippen molar-refractivity contribution in [3.05, 3.63) is 36.5 Å². The highest BCUT2D eigenvalue weighted by molar-refractivity contribution is 5.85. The first-order valence-electron chi connectivity index (χ1n) is 7.51. The van der Waals surface area contributed by atoms with Crippen LogP contribution in [0.15, 0.2) is 36.5 Å². The fourth-order valence-electron chi connectivity index (χ4n) is 0.584. The van der Waals surface area contributed by atoms with E-state index in [0.717, 1.165) is 6.42 Å². The summed E-state index contributed by atoms with van der Waals surface area (Å²) >= 11 is 0. The maximum atomic E-state index is 9.60. The molecule has 0 amide bonds. The highest BCUT2D eigenvalue weighted by atomic mass is 16.4. The Hall–Kier alpha value is -2.41. The van der Waals surface area contributed by atoms with Crippen LogP contribution in [0.25, 0.3) is 0 Å². The second-order valence-electron chi connectivity index (χ2n) is 5.33. The van der Waals surface area contributed by atoms with E-state index < -0.39 is 17.9 Å². The molecule has 0 bridgehead atoms. The lowest BCUT2D eigenvalue weighted by Gasteiger charge is -2.01. The van der Waals surface area contributed by atoms with Crippen LogP contribution in [-0.4, -0.2) is 44.9 Å². The number of carbonyl (C=O) groups is 3. The number of carboxylic acid groups (broad SMARTS) is 3. The summed E-state index contributed by atoms with van der Waals surface area (Å²) in [5.41, 5.74) is 0.528. The number of aliphatic carboxylic acids is 3. The minimum absolute atomic E-state index is 0.176. The molecule has 0 aromatic heterocycles. The summed E-state index contributed by atoms with van der Waals surface area (Å²) in [6.07, 6.45) is 2.33. The molecule has 0 heterocycles. The van der Waals surface area contributed by atoms with Crippen molar-refractivity contribution in [2.45, 2.75) is 47.5 Å². The van der Waals surface area contributed by atoms with Gasteiger partial charge in [0.2, 0.25) is 0 Å². The molecule has 146 valence electrons. The molecule has 0 saturated carbocycles. The van der Waals surface area contributed by atoms with E-state index in [0.29, 0.717) is 12.5 Å². The first-order valence-corrected chi connectivity index (χ1v) is 7.51. The third-order valence-electron chi connectivity index (χ3n) is 2.19. The summed E-state index contributed by atoms with van der Waals surface area (Å²) in [7, 11) is 0.